The van der Waals surface area contributed by atoms with Gasteiger partial charge in [0, 0.05) is 13.1 Å². The fourth-order valence-corrected chi connectivity index (χ4v) is 3.40. The molecular formula is C26H36N2O4. The summed E-state index contributed by atoms with van der Waals surface area (Å²) < 4.78 is 11.2. The van der Waals surface area contributed by atoms with Crippen LogP contribution >= 0.6 is 0 Å². The lowest BCUT2D eigenvalue weighted by atomic mass is 10.0. The van der Waals surface area contributed by atoms with Crippen LogP contribution in [-0.2, 0) is 16.1 Å². The van der Waals surface area contributed by atoms with Gasteiger partial charge >= 0.3 is 0 Å². The number of hydrogen-bond donors (Lipinski definition) is 1. The van der Waals surface area contributed by atoms with Crippen LogP contribution in [0.15, 0.2) is 48.5 Å². The van der Waals surface area contributed by atoms with Crippen LogP contribution in [0, 0.1) is 0 Å². The second-order valence-corrected chi connectivity index (χ2v) is 8.17. The molecule has 0 aliphatic carbocycles. The number of carbonyl (C=O) groups is 2. The van der Waals surface area contributed by atoms with Gasteiger partial charge in [0.15, 0.2) is 6.61 Å². The van der Waals surface area contributed by atoms with Crippen molar-refractivity contribution in [2.24, 2.45) is 0 Å². The fraction of sp³-hybridized carbons (Fsp3) is 0.462. The molecule has 0 fully saturated rings. The van der Waals surface area contributed by atoms with E-state index in [1.54, 1.807) is 18.9 Å². The summed E-state index contributed by atoms with van der Waals surface area (Å²) >= 11 is 0. The van der Waals surface area contributed by atoms with Gasteiger partial charge in [-0.2, -0.15) is 0 Å². The lowest BCUT2D eigenvalue weighted by Crippen LogP contribution is -2.49. The van der Waals surface area contributed by atoms with Crippen LogP contribution in [0.3, 0.4) is 0 Å². The Morgan fingerprint density at radius 1 is 1.06 bits per heavy atom. The highest BCUT2D eigenvalue weighted by Gasteiger charge is 2.26. The van der Waals surface area contributed by atoms with E-state index in [-0.39, 0.29) is 30.9 Å². The van der Waals surface area contributed by atoms with Crippen molar-refractivity contribution in [1.29, 1.82) is 0 Å². The van der Waals surface area contributed by atoms with Gasteiger partial charge in [0.25, 0.3) is 5.91 Å². The van der Waals surface area contributed by atoms with Gasteiger partial charge in [0.1, 0.15) is 17.5 Å². The Hall–Kier alpha value is -3.02. The predicted molar refractivity (Wildman–Crippen MR) is 127 cm³/mol. The minimum Gasteiger partial charge on any atom is -0.497 e. The largest absolute Gasteiger partial charge is 0.497 e. The van der Waals surface area contributed by atoms with E-state index in [4.69, 9.17) is 9.47 Å². The quantitative estimate of drug-likeness (QED) is 0.493. The minimum atomic E-state index is -0.630. The number of hydrogen-bond acceptors (Lipinski definition) is 4. The molecule has 0 aromatic heterocycles. The monoisotopic (exact) mass is 440 g/mol. The predicted octanol–water partition coefficient (Wildman–Crippen LogP) is 4.53. The van der Waals surface area contributed by atoms with E-state index in [1.807, 2.05) is 48.5 Å². The molecule has 1 atom stereocenters. The molecule has 0 bridgehead atoms. The summed E-state index contributed by atoms with van der Waals surface area (Å²) in [5, 5.41) is 2.93. The number of para-hydroxylation sites is 1. The first-order valence-electron chi connectivity index (χ1n) is 11.3. The highest BCUT2D eigenvalue weighted by molar-refractivity contribution is 5.88. The third kappa shape index (κ3) is 7.29. The van der Waals surface area contributed by atoms with E-state index in [9.17, 15) is 9.59 Å². The van der Waals surface area contributed by atoms with Gasteiger partial charge in [0.05, 0.1) is 7.11 Å². The smallest absolute Gasteiger partial charge is 0.261 e. The zero-order valence-corrected chi connectivity index (χ0v) is 19.9. The van der Waals surface area contributed by atoms with Crippen molar-refractivity contribution >= 4 is 11.8 Å². The van der Waals surface area contributed by atoms with Crippen molar-refractivity contribution in [3.8, 4) is 11.5 Å². The lowest BCUT2D eigenvalue weighted by Gasteiger charge is -2.29. The number of nitrogens with zero attached hydrogens (tertiary/aromatic N) is 1. The first-order chi connectivity index (χ1) is 15.4. The average Bonchev–Trinajstić information content (AvgIpc) is 2.80. The second kappa shape index (κ2) is 12.7. The molecule has 6 heteroatoms. The van der Waals surface area contributed by atoms with Crippen LogP contribution in [0.5, 0.6) is 11.5 Å². The van der Waals surface area contributed by atoms with Gasteiger partial charge in [-0.3, -0.25) is 9.59 Å². The van der Waals surface area contributed by atoms with Gasteiger partial charge < -0.3 is 19.7 Å². The van der Waals surface area contributed by atoms with E-state index in [0.717, 1.165) is 24.0 Å². The number of benzene rings is 2. The third-order valence-electron chi connectivity index (χ3n) is 5.38. The summed E-state index contributed by atoms with van der Waals surface area (Å²) in [6, 6.07) is 14.6. The molecule has 0 aliphatic rings. The maximum absolute atomic E-state index is 13.2. The number of unbranched alkanes of at least 4 members (excludes halogenated alkanes) is 1. The molecule has 2 amide bonds. The van der Waals surface area contributed by atoms with Gasteiger partial charge in [-0.15, -0.1) is 0 Å². The zero-order valence-electron chi connectivity index (χ0n) is 19.9. The molecule has 0 aliphatic heterocycles. The summed E-state index contributed by atoms with van der Waals surface area (Å²) in [5.74, 6) is 1.26. The molecule has 174 valence electrons. The molecule has 1 N–H and O–H groups in total. The van der Waals surface area contributed by atoms with Crippen molar-refractivity contribution in [2.45, 2.75) is 59.0 Å². The number of carbonyl (C=O) groups excluding carboxylic acids is 2. The fourth-order valence-electron chi connectivity index (χ4n) is 3.40. The Morgan fingerprint density at radius 3 is 2.50 bits per heavy atom. The van der Waals surface area contributed by atoms with E-state index in [1.165, 1.54) is 0 Å². The van der Waals surface area contributed by atoms with E-state index in [0.29, 0.717) is 18.0 Å². The van der Waals surface area contributed by atoms with Crippen molar-refractivity contribution in [2.75, 3.05) is 20.3 Å². The summed E-state index contributed by atoms with van der Waals surface area (Å²) in [6.45, 7) is 8.73. The SMILES string of the molecule is CCCCNC(=O)[C@@H](C)N(Cc1cccc(OC)c1)C(=O)COc1ccccc1C(C)C. The topological polar surface area (TPSA) is 67.9 Å². The minimum absolute atomic E-state index is 0.139. The van der Waals surface area contributed by atoms with Crippen molar-refractivity contribution in [3.05, 3.63) is 59.7 Å². The molecule has 32 heavy (non-hydrogen) atoms. The van der Waals surface area contributed by atoms with Crippen LogP contribution in [0.4, 0.5) is 0 Å². The maximum Gasteiger partial charge on any atom is 0.261 e. The highest BCUT2D eigenvalue weighted by atomic mass is 16.5. The van der Waals surface area contributed by atoms with Gasteiger partial charge in [-0.25, -0.2) is 0 Å². The number of nitrogens with one attached hydrogen (secondary N) is 1. The molecule has 0 saturated heterocycles. The highest BCUT2D eigenvalue weighted by Crippen LogP contribution is 2.26. The second-order valence-electron chi connectivity index (χ2n) is 8.17. The molecule has 0 unspecified atom stereocenters. The van der Waals surface area contributed by atoms with E-state index in [2.05, 4.69) is 26.1 Å². The standard InChI is InChI=1S/C26H36N2O4/c1-6-7-15-27-26(30)20(4)28(17-21-11-10-12-22(16-21)31-5)25(29)18-32-24-14-9-8-13-23(24)19(2)3/h8-14,16,19-20H,6-7,15,17-18H2,1-5H3,(H,27,30)/t20-/m1/s1. The molecule has 6 nitrogen and oxygen atoms in total. The zero-order chi connectivity index (χ0) is 23.5. The molecular weight excluding hydrogens is 404 g/mol. The third-order valence-corrected chi connectivity index (χ3v) is 5.38. The molecule has 2 aromatic rings. The van der Waals surface area contributed by atoms with Crippen LogP contribution in [-0.4, -0.2) is 43.0 Å². The summed E-state index contributed by atoms with van der Waals surface area (Å²) in [7, 11) is 1.60. The van der Waals surface area contributed by atoms with E-state index >= 15 is 0 Å². The number of ether oxygens (including phenoxy) is 2. The van der Waals surface area contributed by atoms with Crippen LogP contribution in [0.25, 0.3) is 0 Å². The van der Waals surface area contributed by atoms with Crippen LogP contribution < -0.4 is 14.8 Å². The molecule has 0 heterocycles. The lowest BCUT2D eigenvalue weighted by molar-refractivity contribution is -0.142. The van der Waals surface area contributed by atoms with Crippen molar-refractivity contribution in [1.82, 2.24) is 10.2 Å². The molecule has 0 spiro atoms. The molecule has 0 radical (unpaired) electrons. The molecule has 2 rings (SSSR count). The summed E-state index contributed by atoms with van der Waals surface area (Å²) in [6.07, 6.45) is 1.89. The van der Waals surface area contributed by atoms with Gasteiger partial charge in [-0.1, -0.05) is 57.5 Å². The number of rotatable bonds is 12. The first kappa shape index (κ1) is 25.2. The Labute approximate surface area is 191 Å². The molecule has 0 saturated carbocycles. The summed E-state index contributed by atoms with van der Waals surface area (Å²) in [5.41, 5.74) is 1.93. The normalized spacial score (nSPS) is 11.7. The van der Waals surface area contributed by atoms with Crippen molar-refractivity contribution < 1.29 is 19.1 Å². The average molecular weight is 441 g/mol. The first-order valence-corrected chi connectivity index (χ1v) is 11.3. The van der Waals surface area contributed by atoms with E-state index < -0.39 is 6.04 Å². The van der Waals surface area contributed by atoms with Crippen molar-refractivity contribution in [3.63, 3.8) is 0 Å². The Kier molecular flexibility index (Phi) is 10.1. The molecule has 2 aromatic carbocycles. The maximum atomic E-state index is 13.2. The Balaban J connectivity index is 2.18. The van der Waals surface area contributed by atoms with Gasteiger partial charge in [0.2, 0.25) is 5.91 Å². The summed E-state index contributed by atoms with van der Waals surface area (Å²) in [4.78, 5) is 27.5. The van der Waals surface area contributed by atoms with Crippen LogP contribution in [0.1, 0.15) is 57.6 Å². The number of methoxy groups -OCH3 is 1. The number of amides is 2. The van der Waals surface area contributed by atoms with Crippen LogP contribution in [0.2, 0.25) is 0 Å². The Bertz CT molecular complexity index is 882. The van der Waals surface area contributed by atoms with Gasteiger partial charge in [-0.05, 0) is 48.6 Å². The Morgan fingerprint density at radius 2 is 1.81 bits per heavy atom.